The Hall–Kier alpha value is -2.25. The Kier molecular flexibility index (Phi) is 5.92. The molecular weight excluding hydrogens is 367 g/mol. The van der Waals surface area contributed by atoms with Crippen LogP contribution in [0.15, 0.2) is 53.4 Å². The van der Waals surface area contributed by atoms with Crippen LogP contribution in [0, 0.1) is 5.82 Å². The van der Waals surface area contributed by atoms with Gasteiger partial charge in [0.15, 0.2) is 0 Å². The molecule has 3 rings (SSSR count). The molecule has 27 heavy (non-hydrogen) atoms. The molecule has 1 saturated heterocycles. The van der Waals surface area contributed by atoms with Gasteiger partial charge < -0.3 is 4.90 Å². The van der Waals surface area contributed by atoms with Crippen molar-refractivity contribution >= 4 is 15.9 Å². The summed E-state index contributed by atoms with van der Waals surface area (Å²) in [6.07, 6.45) is 1.93. The molecule has 0 N–H and O–H groups in total. The number of halogens is 1. The van der Waals surface area contributed by atoms with E-state index in [1.165, 1.54) is 28.6 Å². The number of benzene rings is 2. The lowest BCUT2D eigenvalue weighted by atomic mass is 10.1. The highest BCUT2D eigenvalue weighted by atomic mass is 32.2. The monoisotopic (exact) mass is 390 g/mol. The standard InChI is InChI=1S/C20H23FN2O3S/c1-2-3-16-4-10-19(11-5-16)27(25,26)23-14-12-22(13-15-23)20(24)17-6-8-18(21)9-7-17/h4-11H,2-3,12-15H2,1H3. The van der Waals surface area contributed by atoms with Crippen molar-refractivity contribution in [1.82, 2.24) is 9.21 Å². The number of hydrogen-bond donors (Lipinski definition) is 0. The molecular formula is C20H23FN2O3S. The van der Waals surface area contributed by atoms with Crippen molar-refractivity contribution < 1.29 is 17.6 Å². The first-order valence-corrected chi connectivity index (χ1v) is 10.5. The number of hydrogen-bond acceptors (Lipinski definition) is 3. The third kappa shape index (κ3) is 4.36. The Bertz CT molecular complexity index is 888. The normalized spacial score (nSPS) is 15.7. The lowest BCUT2D eigenvalue weighted by Crippen LogP contribution is -2.50. The molecule has 2 aromatic rings. The van der Waals surface area contributed by atoms with Crippen LogP contribution >= 0.6 is 0 Å². The van der Waals surface area contributed by atoms with Gasteiger partial charge >= 0.3 is 0 Å². The van der Waals surface area contributed by atoms with Crippen molar-refractivity contribution in [2.45, 2.75) is 24.7 Å². The van der Waals surface area contributed by atoms with Crippen LogP contribution in [0.4, 0.5) is 4.39 Å². The molecule has 1 heterocycles. The van der Waals surface area contributed by atoms with E-state index in [0.29, 0.717) is 18.7 Å². The fraction of sp³-hybridized carbons (Fsp3) is 0.350. The highest BCUT2D eigenvalue weighted by molar-refractivity contribution is 7.89. The quantitative estimate of drug-likeness (QED) is 0.789. The van der Waals surface area contributed by atoms with E-state index in [-0.39, 0.29) is 23.9 Å². The van der Waals surface area contributed by atoms with Crippen molar-refractivity contribution in [2.24, 2.45) is 0 Å². The minimum absolute atomic E-state index is 0.212. The van der Waals surface area contributed by atoms with Crippen LogP contribution < -0.4 is 0 Å². The lowest BCUT2D eigenvalue weighted by molar-refractivity contribution is 0.0698. The van der Waals surface area contributed by atoms with E-state index in [0.717, 1.165) is 18.4 Å². The second-order valence-corrected chi connectivity index (χ2v) is 8.54. The van der Waals surface area contributed by atoms with Crippen LogP contribution in [0.2, 0.25) is 0 Å². The van der Waals surface area contributed by atoms with Gasteiger partial charge in [0, 0.05) is 31.7 Å². The average Bonchev–Trinajstić information content (AvgIpc) is 2.69. The van der Waals surface area contributed by atoms with Crippen LogP contribution in [0.3, 0.4) is 0 Å². The maximum Gasteiger partial charge on any atom is 0.253 e. The molecule has 0 saturated carbocycles. The maximum absolute atomic E-state index is 13.0. The SMILES string of the molecule is CCCc1ccc(S(=O)(=O)N2CCN(C(=O)c3ccc(F)cc3)CC2)cc1. The van der Waals surface area contributed by atoms with Gasteiger partial charge in [-0.15, -0.1) is 0 Å². The Balaban J connectivity index is 1.65. The molecule has 0 aromatic heterocycles. The number of sulfonamides is 1. The Morgan fingerprint density at radius 2 is 1.56 bits per heavy atom. The van der Waals surface area contributed by atoms with Gasteiger partial charge in [-0.1, -0.05) is 25.5 Å². The van der Waals surface area contributed by atoms with Gasteiger partial charge in [0.25, 0.3) is 5.91 Å². The number of amides is 1. The summed E-state index contributed by atoms with van der Waals surface area (Å²) in [7, 11) is -3.57. The first-order valence-electron chi connectivity index (χ1n) is 9.06. The van der Waals surface area contributed by atoms with Gasteiger partial charge in [-0.2, -0.15) is 4.31 Å². The number of aryl methyl sites for hydroxylation is 1. The molecule has 2 aromatic carbocycles. The first kappa shape index (κ1) is 19.5. The van der Waals surface area contributed by atoms with E-state index < -0.39 is 15.8 Å². The van der Waals surface area contributed by atoms with E-state index in [1.54, 1.807) is 17.0 Å². The van der Waals surface area contributed by atoms with Gasteiger partial charge in [0.05, 0.1) is 4.90 Å². The zero-order chi connectivity index (χ0) is 19.4. The van der Waals surface area contributed by atoms with Crippen molar-refractivity contribution in [3.8, 4) is 0 Å². The fourth-order valence-corrected chi connectivity index (χ4v) is 4.59. The molecule has 1 aliphatic heterocycles. The molecule has 0 atom stereocenters. The van der Waals surface area contributed by atoms with Gasteiger partial charge in [0.2, 0.25) is 10.0 Å². The second-order valence-electron chi connectivity index (χ2n) is 6.60. The topological polar surface area (TPSA) is 57.7 Å². The number of piperazine rings is 1. The van der Waals surface area contributed by atoms with E-state index in [2.05, 4.69) is 6.92 Å². The number of carbonyl (C=O) groups is 1. The predicted octanol–water partition coefficient (Wildman–Crippen LogP) is 2.92. The van der Waals surface area contributed by atoms with Crippen molar-refractivity contribution in [3.63, 3.8) is 0 Å². The molecule has 0 radical (unpaired) electrons. The largest absolute Gasteiger partial charge is 0.336 e. The summed E-state index contributed by atoms with van der Waals surface area (Å²) in [6, 6.07) is 12.4. The van der Waals surface area contributed by atoms with Gasteiger partial charge in [-0.3, -0.25) is 4.79 Å². The molecule has 144 valence electrons. The zero-order valence-corrected chi connectivity index (χ0v) is 16.1. The minimum atomic E-state index is -3.57. The van der Waals surface area contributed by atoms with E-state index in [1.807, 2.05) is 12.1 Å². The molecule has 5 nitrogen and oxygen atoms in total. The Morgan fingerprint density at radius 3 is 2.11 bits per heavy atom. The molecule has 0 aliphatic carbocycles. The van der Waals surface area contributed by atoms with Crippen LogP contribution in [0.1, 0.15) is 29.3 Å². The fourth-order valence-electron chi connectivity index (χ4n) is 3.17. The minimum Gasteiger partial charge on any atom is -0.336 e. The summed E-state index contributed by atoms with van der Waals surface area (Å²) in [4.78, 5) is 14.4. The van der Waals surface area contributed by atoms with Gasteiger partial charge in [-0.25, -0.2) is 12.8 Å². The van der Waals surface area contributed by atoms with Crippen LogP contribution in [-0.4, -0.2) is 49.7 Å². The molecule has 0 unspecified atom stereocenters. The molecule has 1 amide bonds. The van der Waals surface area contributed by atoms with E-state index in [9.17, 15) is 17.6 Å². The third-order valence-corrected chi connectivity index (χ3v) is 6.63. The van der Waals surface area contributed by atoms with Gasteiger partial charge in [-0.05, 0) is 48.4 Å². The average molecular weight is 390 g/mol. The Morgan fingerprint density at radius 1 is 0.963 bits per heavy atom. The van der Waals surface area contributed by atoms with Crippen molar-refractivity contribution in [1.29, 1.82) is 0 Å². The van der Waals surface area contributed by atoms with Crippen molar-refractivity contribution in [3.05, 3.63) is 65.5 Å². The van der Waals surface area contributed by atoms with Crippen LogP contribution in [0.5, 0.6) is 0 Å². The molecule has 1 fully saturated rings. The van der Waals surface area contributed by atoms with E-state index in [4.69, 9.17) is 0 Å². The molecule has 0 spiro atoms. The molecule has 7 heteroatoms. The highest BCUT2D eigenvalue weighted by Crippen LogP contribution is 2.19. The summed E-state index contributed by atoms with van der Waals surface area (Å²) >= 11 is 0. The highest BCUT2D eigenvalue weighted by Gasteiger charge is 2.30. The van der Waals surface area contributed by atoms with Crippen LogP contribution in [-0.2, 0) is 16.4 Å². The maximum atomic E-state index is 13.0. The predicted molar refractivity (Wildman–Crippen MR) is 101 cm³/mol. The summed E-state index contributed by atoms with van der Waals surface area (Å²) in [5, 5.41) is 0. The molecule has 0 bridgehead atoms. The first-order chi connectivity index (χ1) is 12.9. The van der Waals surface area contributed by atoms with E-state index >= 15 is 0 Å². The Labute approximate surface area is 159 Å². The number of carbonyl (C=O) groups excluding carboxylic acids is 1. The second kappa shape index (κ2) is 8.19. The summed E-state index contributed by atoms with van der Waals surface area (Å²) < 4.78 is 40.1. The number of nitrogens with zero attached hydrogens (tertiary/aromatic N) is 2. The zero-order valence-electron chi connectivity index (χ0n) is 15.3. The summed E-state index contributed by atoms with van der Waals surface area (Å²) in [5.74, 6) is -0.608. The lowest BCUT2D eigenvalue weighted by Gasteiger charge is -2.34. The third-order valence-electron chi connectivity index (χ3n) is 4.72. The smallest absolute Gasteiger partial charge is 0.253 e. The van der Waals surface area contributed by atoms with Crippen molar-refractivity contribution in [2.75, 3.05) is 26.2 Å². The summed E-state index contributed by atoms with van der Waals surface area (Å²) in [5.41, 5.74) is 1.52. The molecule has 1 aliphatic rings. The number of rotatable bonds is 5. The summed E-state index contributed by atoms with van der Waals surface area (Å²) in [6.45, 7) is 3.18. The van der Waals surface area contributed by atoms with Gasteiger partial charge in [0.1, 0.15) is 5.82 Å². The van der Waals surface area contributed by atoms with Crippen LogP contribution in [0.25, 0.3) is 0 Å².